The molecule has 0 aromatic heterocycles. The standard InChI is InChI=1S/C23H19NO4/c1-14(2)22(25)27-11-12-28-23(26)24-19-13-17-7-3-5-15-9-10-16-6-4-8-18(19)21(16)20(15)17/h3-10,13H,1,11-12H2,2H3,(H,24,26). The maximum Gasteiger partial charge on any atom is 0.411 e. The molecular formula is C23H19NO4. The van der Waals surface area contributed by atoms with Crippen LogP contribution in [0.4, 0.5) is 10.5 Å². The van der Waals surface area contributed by atoms with E-state index in [1.54, 1.807) is 6.92 Å². The molecule has 0 atom stereocenters. The van der Waals surface area contributed by atoms with E-state index in [1.807, 2.05) is 30.3 Å². The van der Waals surface area contributed by atoms with Crippen LogP contribution in [-0.4, -0.2) is 25.3 Å². The molecule has 1 amide bonds. The monoisotopic (exact) mass is 373 g/mol. The van der Waals surface area contributed by atoms with E-state index in [0.717, 1.165) is 26.9 Å². The Morgan fingerprint density at radius 1 is 0.893 bits per heavy atom. The molecule has 0 bridgehead atoms. The predicted octanol–water partition coefficient (Wildman–Crippen LogP) is 5.25. The summed E-state index contributed by atoms with van der Waals surface area (Å²) in [5.41, 5.74) is 0.985. The zero-order valence-electron chi connectivity index (χ0n) is 15.5. The molecule has 0 radical (unpaired) electrons. The summed E-state index contributed by atoms with van der Waals surface area (Å²) < 4.78 is 10.1. The second-order valence-corrected chi connectivity index (χ2v) is 6.65. The highest BCUT2D eigenvalue weighted by Gasteiger charge is 2.13. The fraction of sp³-hybridized carbons (Fsp3) is 0.130. The topological polar surface area (TPSA) is 64.6 Å². The first-order chi connectivity index (χ1) is 13.5. The van der Waals surface area contributed by atoms with Crippen molar-refractivity contribution in [3.8, 4) is 0 Å². The van der Waals surface area contributed by atoms with Gasteiger partial charge in [0, 0.05) is 11.0 Å². The Labute approximate surface area is 161 Å². The minimum Gasteiger partial charge on any atom is -0.459 e. The number of anilines is 1. The van der Waals surface area contributed by atoms with Gasteiger partial charge in [-0.3, -0.25) is 5.32 Å². The molecule has 0 aliphatic carbocycles. The van der Waals surface area contributed by atoms with Crippen LogP contribution in [0.25, 0.3) is 32.3 Å². The van der Waals surface area contributed by atoms with Crippen molar-refractivity contribution in [3.05, 3.63) is 66.7 Å². The van der Waals surface area contributed by atoms with Gasteiger partial charge in [-0.05, 0) is 39.9 Å². The van der Waals surface area contributed by atoms with Crippen molar-refractivity contribution in [2.75, 3.05) is 18.5 Å². The third-order valence-electron chi connectivity index (χ3n) is 4.64. The average molecular weight is 373 g/mol. The molecule has 0 spiro atoms. The fourth-order valence-corrected chi connectivity index (χ4v) is 3.40. The van der Waals surface area contributed by atoms with Crippen LogP contribution >= 0.6 is 0 Å². The van der Waals surface area contributed by atoms with Gasteiger partial charge in [-0.15, -0.1) is 0 Å². The Kier molecular flexibility index (Phi) is 4.57. The molecule has 28 heavy (non-hydrogen) atoms. The van der Waals surface area contributed by atoms with E-state index in [1.165, 1.54) is 5.39 Å². The molecule has 0 fully saturated rings. The van der Waals surface area contributed by atoms with Crippen LogP contribution in [-0.2, 0) is 14.3 Å². The molecule has 0 aliphatic heterocycles. The molecule has 5 heteroatoms. The summed E-state index contributed by atoms with van der Waals surface area (Å²) in [5, 5.41) is 9.39. The summed E-state index contributed by atoms with van der Waals surface area (Å²) >= 11 is 0. The Balaban J connectivity index is 1.58. The lowest BCUT2D eigenvalue weighted by molar-refractivity contribution is -0.139. The minimum atomic E-state index is -0.596. The first-order valence-corrected chi connectivity index (χ1v) is 8.97. The normalized spacial score (nSPS) is 11.0. The molecular weight excluding hydrogens is 354 g/mol. The van der Waals surface area contributed by atoms with Gasteiger partial charge in [0.05, 0.1) is 5.69 Å². The summed E-state index contributed by atoms with van der Waals surface area (Å²) in [7, 11) is 0. The van der Waals surface area contributed by atoms with E-state index in [2.05, 4.69) is 36.2 Å². The molecule has 4 aromatic rings. The van der Waals surface area contributed by atoms with Crippen LogP contribution in [0, 0.1) is 0 Å². The quantitative estimate of drug-likeness (QED) is 0.225. The van der Waals surface area contributed by atoms with Gasteiger partial charge in [-0.2, -0.15) is 0 Å². The second kappa shape index (κ2) is 7.19. The average Bonchev–Trinajstić information content (AvgIpc) is 2.69. The number of esters is 1. The maximum atomic E-state index is 12.2. The van der Waals surface area contributed by atoms with Crippen molar-refractivity contribution in [1.82, 2.24) is 0 Å². The molecule has 0 unspecified atom stereocenters. The smallest absolute Gasteiger partial charge is 0.411 e. The van der Waals surface area contributed by atoms with Crippen molar-refractivity contribution in [2.24, 2.45) is 0 Å². The number of rotatable bonds is 5. The first-order valence-electron chi connectivity index (χ1n) is 8.97. The van der Waals surface area contributed by atoms with Gasteiger partial charge in [0.25, 0.3) is 0 Å². The van der Waals surface area contributed by atoms with Crippen LogP contribution in [0.15, 0.2) is 66.7 Å². The maximum absolute atomic E-state index is 12.2. The number of carbonyl (C=O) groups is 2. The molecule has 4 rings (SSSR count). The van der Waals surface area contributed by atoms with E-state index >= 15 is 0 Å². The van der Waals surface area contributed by atoms with Gasteiger partial charge in [0.2, 0.25) is 0 Å². The SMILES string of the molecule is C=C(C)C(=O)OCCOC(=O)Nc1cc2cccc3ccc4cccc1c4c32. The van der Waals surface area contributed by atoms with Crippen molar-refractivity contribution < 1.29 is 19.1 Å². The highest BCUT2D eigenvalue weighted by atomic mass is 16.6. The highest BCUT2D eigenvalue weighted by molar-refractivity contribution is 6.26. The highest BCUT2D eigenvalue weighted by Crippen LogP contribution is 2.38. The molecule has 0 saturated carbocycles. The number of amides is 1. The van der Waals surface area contributed by atoms with Crippen LogP contribution in [0.2, 0.25) is 0 Å². The van der Waals surface area contributed by atoms with Crippen molar-refractivity contribution in [3.63, 3.8) is 0 Å². The lowest BCUT2D eigenvalue weighted by atomic mass is 9.93. The molecule has 0 heterocycles. The third-order valence-corrected chi connectivity index (χ3v) is 4.64. The third kappa shape index (κ3) is 3.22. The molecule has 0 aliphatic rings. The Morgan fingerprint density at radius 2 is 1.54 bits per heavy atom. The van der Waals surface area contributed by atoms with E-state index in [4.69, 9.17) is 9.47 Å². The Morgan fingerprint density at radius 3 is 2.29 bits per heavy atom. The largest absolute Gasteiger partial charge is 0.459 e. The van der Waals surface area contributed by atoms with Crippen molar-refractivity contribution >= 4 is 50.1 Å². The van der Waals surface area contributed by atoms with Crippen molar-refractivity contribution in [1.29, 1.82) is 0 Å². The summed E-state index contributed by atoms with van der Waals surface area (Å²) in [4.78, 5) is 23.6. The van der Waals surface area contributed by atoms with Crippen molar-refractivity contribution in [2.45, 2.75) is 6.92 Å². The molecule has 140 valence electrons. The van der Waals surface area contributed by atoms with E-state index in [0.29, 0.717) is 11.3 Å². The van der Waals surface area contributed by atoms with Crippen LogP contribution in [0.3, 0.4) is 0 Å². The Bertz CT molecular complexity index is 1210. The van der Waals surface area contributed by atoms with Gasteiger partial charge in [-0.25, -0.2) is 9.59 Å². The first kappa shape index (κ1) is 17.8. The minimum absolute atomic E-state index is 0.0180. The molecule has 4 aromatic carbocycles. The summed E-state index contributed by atoms with van der Waals surface area (Å²) in [6.07, 6.45) is -0.596. The zero-order chi connectivity index (χ0) is 19.7. The van der Waals surface area contributed by atoms with Crippen LogP contribution < -0.4 is 5.32 Å². The number of hydrogen-bond donors (Lipinski definition) is 1. The summed E-state index contributed by atoms with van der Waals surface area (Å²) in [6, 6.07) is 18.3. The van der Waals surface area contributed by atoms with Gasteiger partial charge >= 0.3 is 12.1 Å². The number of hydrogen-bond acceptors (Lipinski definition) is 4. The molecule has 0 saturated heterocycles. The number of benzene rings is 4. The Hall–Kier alpha value is -3.60. The molecule has 1 N–H and O–H groups in total. The zero-order valence-corrected chi connectivity index (χ0v) is 15.5. The predicted molar refractivity (Wildman–Crippen MR) is 111 cm³/mol. The van der Waals surface area contributed by atoms with E-state index in [-0.39, 0.29) is 13.2 Å². The number of ether oxygens (including phenoxy) is 2. The second-order valence-electron chi connectivity index (χ2n) is 6.65. The lowest BCUT2D eigenvalue weighted by Crippen LogP contribution is -2.18. The lowest BCUT2D eigenvalue weighted by Gasteiger charge is -2.15. The van der Waals surface area contributed by atoms with Gasteiger partial charge in [-0.1, -0.05) is 55.1 Å². The van der Waals surface area contributed by atoms with E-state index < -0.39 is 12.1 Å². The number of carbonyl (C=O) groups excluding carboxylic acids is 2. The van der Waals surface area contributed by atoms with Gasteiger partial charge in [0.1, 0.15) is 13.2 Å². The van der Waals surface area contributed by atoms with Crippen LogP contribution in [0.1, 0.15) is 6.92 Å². The summed E-state index contributed by atoms with van der Waals surface area (Å²) in [5.74, 6) is -0.504. The molecule has 5 nitrogen and oxygen atoms in total. The van der Waals surface area contributed by atoms with Gasteiger partial charge in [0.15, 0.2) is 0 Å². The van der Waals surface area contributed by atoms with E-state index in [9.17, 15) is 9.59 Å². The van der Waals surface area contributed by atoms with Crippen LogP contribution in [0.5, 0.6) is 0 Å². The van der Waals surface area contributed by atoms with Gasteiger partial charge < -0.3 is 9.47 Å². The fourth-order valence-electron chi connectivity index (χ4n) is 3.40. The summed E-state index contributed by atoms with van der Waals surface area (Å²) in [6.45, 7) is 5.01. The number of nitrogens with one attached hydrogen (secondary N) is 1.